The number of hydrogen-bond acceptors (Lipinski definition) is 4. The van der Waals surface area contributed by atoms with Gasteiger partial charge in [0.25, 0.3) is 0 Å². The molecule has 0 spiro atoms. The first-order chi connectivity index (χ1) is 12.8. The van der Waals surface area contributed by atoms with Gasteiger partial charge in [-0.25, -0.2) is 0 Å². The van der Waals surface area contributed by atoms with Crippen LogP contribution in [0.2, 0.25) is 0 Å². The normalized spacial score (nSPS) is 20.4. The summed E-state index contributed by atoms with van der Waals surface area (Å²) in [4.78, 5) is 17.1. The van der Waals surface area contributed by atoms with E-state index >= 15 is 0 Å². The molecule has 1 atom stereocenters. The first kappa shape index (κ1) is 19.9. The van der Waals surface area contributed by atoms with E-state index in [2.05, 4.69) is 10.2 Å². The molecule has 2 fully saturated rings. The molecule has 0 radical (unpaired) electrons. The molecule has 4 rings (SSSR count). The zero-order chi connectivity index (χ0) is 17.8. The maximum atomic E-state index is 12.6. The Bertz CT molecular complexity index is 728. The molecule has 2 saturated heterocycles. The molecular weight excluding hydrogens is 362 g/mol. The standard InChI is InChI=1S/C21H27N3O2.ClH/c25-21(24-13-10-18(16-24)23-14-11-22-12-15-23)9-7-19-6-8-20(26-19)17-4-2-1-3-5-17;/h1-6,8,18,22H,7,9-16H2;1H. The molecule has 6 heteroatoms. The predicted molar refractivity (Wildman–Crippen MR) is 109 cm³/mol. The number of likely N-dealkylation sites (tertiary alicyclic amines) is 1. The fraction of sp³-hybridized carbons (Fsp3) is 0.476. The van der Waals surface area contributed by atoms with Crippen LogP contribution < -0.4 is 5.32 Å². The molecule has 2 aliphatic heterocycles. The van der Waals surface area contributed by atoms with Crippen molar-refractivity contribution in [2.24, 2.45) is 0 Å². The number of amides is 1. The van der Waals surface area contributed by atoms with Crippen molar-refractivity contribution >= 4 is 18.3 Å². The predicted octanol–water partition coefficient (Wildman–Crippen LogP) is 2.81. The van der Waals surface area contributed by atoms with Gasteiger partial charge in [-0.3, -0.25) is 9.69 Å². The number of piperazine rings is 1. The van der Waals surface area contributed by atoms with Crippen LogP contribution in [0.3, 0.4) is 0 Å². The van der Waals surface area contributed by atoms with E-state index in [1.807, 2.05) is 47.4 Å². The van der Waals surface area contributed by atoms with E-state index in [0.717, 1.165) is 62.8 Å². The summed E-state index contributed by atoms with van der Waals surface area (Å²) in [6, 6.07) is 14.6. The summed E-state index contributed by atoms with van der Waals surface area (Å²) in [5.41, 5.74) is 1.07. The van der Waals surface area contributed by atoms with Crippen LogP contribution in [0.4, 0.5) is 0 Å². The second kappa shape index (κ2) is 9.40. The van der Waals surface area contributed by atoms with Gasteiger partial charge in [-0.2, -0.15) is 0 Å². The van der Waals surface area contributed by atoms with Crippen LogP contribution in [-0.2, 0) is 11.2 Å². The Morgan fingerprint density at radius 1 is 1.07 bits per heavy atom. The molecule has 3 heterocycles. The zero-order valence-corrected chi connectivity index (χ0v) is 16.4. The van der Waals surface area contributed by atoms with Crippen LogP contribution in [0.25, 0.3) is 11.3 Å². The van der Waals surface area contributed by atoms with Gasteiger partial charge in [-0.05, 0) is 18.6 Å². The second-order valence-corrected chi connectivity index (χ2v) is 7.20. The lowest BCUT2D eigenvalue weighted by molar-refractivity contribution is -0.130. The molecule has 27 heavy (non-hydrogen) atoms. The monoisotopic (exact) mass is 389 g/mol. The van der Waals surface area contributed by atoms with Crippen molar-refractivity contribution in [1.82, 2.24) is 15.1 Å². The number of benzene rings is 1. The highest BCUT2D eigenvalue weighted by Crippen LogP contribution is 2.23. The molecule has 2 aromatic rings. The SMILES string of the molecule is Cl.O=C(CCc1ccc(-c2ccccc2)o1)N1CCC(N2CCNCC2)C1. The van der Waals surface area contributed by atoms with Gasteiger partial charge in [-0.15, -0.1) is 12.4 Å². The van der Waals surface area contributed by atoms with Crippen molar-refractivity contribution in [3.05, 3.63) is 48.2 Å². The van der Waals surface area contributed by atoms with Gasteiger partial charge in [-0.1, -0.05) is 30.3 Å². The summed E-state index contributed by atoms with van der Waals surface area (Å²) in [6.07, 6.45) is 2.29. The zero-order valence-electron chi connectivity index (χ0n) is 15.6. The quantitative estimate of drug-likeness (QED) is 0.854. The maximum Gasteiger partial charge on any atom is 0.223 e. The Labute approximate surface area is 167 Å². The number of aryl methyl sites for hydroxylation is 1. The fourth-order valence-corrected chi connectivity index (χ4v) is 3.97. The fourth-order valence-electron chi connectivity index (χ4n) is 3.97. The van der Waals surface area contributed by atoms with Gasteiger partial charge in [0.2, 0.25) is 5.91 Å². The Morgan fingerprint density at radius 2 is 1.85 bits per heavy atom. The smallest absolute Gasteiger partial charge is 0.223 e. The third-order valence-corrected chi connectivity index (χ3v) is 5.49. The molecule has 146 valence electrons. The molecule has 0 bridgehead atoms. The van der Waals surface area contributed by atoms with Crippen LogP contribution >= 0.6 is 12.4 Å². The van der Waals surface area contributed by atoms with Crippen LogP contribution in [0.5, 0.6) is 0 Å². The lowest BCUT2D eigenvalue weighted by Gasteiger charge is -2.32. The van der Waals surface area contributed by atoms with Crippen molar-refractivity contribution in [1.29, 1.82) is 0 Å². The molecule has 1 N–H and O–H groups in total. The van der Waals surface area contributed by atoms with Gasteiger partial charge < -0.3 is 14.6 Å². The summed E-state index contributed by atoms with van der Waals surface area (Å²) >= 11 is 0. The van der Waals surface area contributed by atoms with Gasteiger partial charge in [0.1, 0.15) is 11.5 Å². The molecule has 2 aliphatic rings. The third kappa shape index (κ3) is 4.92. The Hall–Kier alpha value is -1.82. The molecule has 1 amide bonds. The molecule has 1 aromatic heterocycles. The Balaban J connectivity index is 0.00000210. The average Bonchev–Trinajstić information content (AvgIpc) is 3.37. The highest BCUT2D eigenvalue weighted by atomic mass is 35.5. The molecule has 0 aliphatic carbocycles. The number of carbonyl (C=O) groups is 1. The van der Waals surface area contributed by atoms with Crippen molar-refractivity contribution in [2.45, 2.75) is 25.3 Å². The van der Waals surface area contributed by atoms with Crippen LogP contribution in [-0.4, -0.2) is 61.0 Å². The van der Waals surface area contributed by atoms with Crippen LogP contribution in [0.1, 0.15) is 18.6 Å². The minimum absolute atomic E-state index is 0. The van der Waals surface area contributed by atoms with E-state index in [9.17, 15) is 4.79 Å². The van der Waals surface area contributed by atoms with E-state index in [1.165, 1.54) is 0 Å². The summed E-state index contributed by atoms with van der Waals surface area (Å²) < 4.78 is 5.91. The Kier molecular flexibility index (Phi) is 6.94. The van der Waals surface area contributed by atoms with E-state index in [-0.39, 0.29) is 18.3 Å². The lowest BCUT2D eigenvalue weighted by Crippen LogP contribution is -2.49. The summed E-state index contributed by atoms with van der Waals surface area (Å²) in [5, 5.41) is 3.39. The van der Waals surface area contributed by atoms with E-state index in [0.29, 0.717) is 18.9 Å². The number of halogens is 1. The minimum Gasteiger partial charge on any atom is -0.461 e. The molecule has 1 unspecified atom stereocenters. The van der Waals surface area contributed by atoms with Crippen molar-refractivity contribution in [3.8, 4) is 11.3 Å². The number of nitrogens with one attached hydrogen (secondary N) is 1. The largest absolute Gasteiger partial charge is 0.461 e. The summed E-state index contributed by atoms with van der Waals surface area (Å²) in [7, 11) is 0. The Morgan fingerprint density at radius 3 is 2.63 bits per heavy atom. The first-order valence-corrected chi connectivity index (χ1v) is 9.66. The van der Waals surface area contributed by atoms with Crippen molar-refractivity contribution < 1.29 is 9.21 Å². The van der Waals surface area contributed by atoms with Crippen LogP contribution in [0.15, 0.2) is 46.9 Å². The number of nitrogens with zero attached hydrogens (tertiary/aromatic N) is 2. The maximum absolute atomic E-state index is 12.6. The van der Waals surface area contributed by atoms with E-state index < -0.39 is 0 Å². The number of hydrogen-bond donors (Lipinski definition) is 1. The van der Waals surface area contributed by atoms with Crippen molar-refractivity contribution in [2.75, 3.05) is 39.3 Å². The van der Waals surface area contributed by atoms with Gasteiger partial charge in [0.15, 0.2) is 0 Å². The number of furan rings is 1. The van der Waals surface area contributed by atoms with Crippen molar-refractivity contribution in [3.63, 3.8) is 0 Å². The molecule has 0 saturated carbocycles. The van der Waals surface area contributed by atoms with E-state index in [4.69, 9.17) is 4.42 Å². The minimum atomic E-state index is 0. The highest BCUT2D eigenvalue weighted by Gasteiger charge is 2.30. The van der Waals surface area contributed by atoms with Gasteiger partial charge >= 0.3 is 0 Å². The summed E-state index contributed by atoms with van der Waals surface area (Å²) in [6.45, 7) is 6.09. The second-order valence-electron chi connectivity index (χ2n) is 7.20. The topological polar surface area (TPSA) is 48.7 Å². The van der Waals surface area contributed by atoms with Crippen LogP contribution in [0, 0.1) is 0 Å². The lowest BCUT2D eigenvalue weighted by atomic mass is 10.2. The average molecular weight is 390 g/mol. The molecule has 1 aromatic carbocycles. The number of rotatable bonds is 5. The summed E-state index contributed by atoms with van der Waals surface area (Å²) in [5.74, 6) is 2.00. The van der Waals surface area contributed by atoms with Gasteiger partial charge in [0, 0.05) is 63.7 Å². The van der Waals surface area contributed by atoms with Gasteiger partial charge in [0.05, 0.1) is 0 Å². The third-order valence-electron chi connectivity index (χ3n) is 5.49. The first-order valence-electron chi connectivity index (χ1n) is 9.66. The highest BCUT2D eigenvalue weighted by molar-refractivity contribution is 5.85. The number of carbonyl (C=O) groups excluding carboxylic acids is 1. The van der Waals surface area contributed by atoms with E-state index in [1.54, 1.807) is 0 Å². The molecular formula is C21H28ClN3O2. The molecule has 5 nitrogen and oxygen atoms in total.